The van der Waals surface area contributed by atoms with Crippen LogP contribution in [0.5, 0.6) is 11.5 Å². The maximum Gasteiger partial charge on any atom is 0.291 e. The van der Waals surface area contributed by atoms with Crippen molar-refractivity contribution in [2.75, 3.05) is 6.61 Å². The van der Waals surface area contributed by atoms with Gasteiger partial charge in [0.05, 0.1) is 11.1 Å². The molecule has 0 amide bonds. The fourth-order valence-electron chi connectivity index (χ4n) is 3.56. The summed E-state index contributed by atoms with van der Waals surface area (Å²) in [4.78, 5) is 18.1. The highest BCUT2D eigenvalue weighted by Crippen LogP contribution is 2.29. The van der Waals surface area contributed by atoms with E-state index in [1.165, 1.54) is 15.9 Å². The summed E-state index contributed by atoms with van der Waals surface area (Å²) in [7, 11) is 0. The second kappa shape index (κ2) is 8.59. The van der Waals surface area contributed by atoms with Crippen LogP contribution in [-0.2, 0) is 0 Å². The molecule has 3 heterocycles. The Morgan fingerprint density at radius 1 is 1.19 bits per heavy atom. The molecule has 0 radical (unpaired) electrons. The molecule has 5 rings (SSSR count). The van der Waals surface area contributed by atoms with Crippen molar-refractivity contribution in [1.82, 2.24) is 14.6 Å². The molecule has 2 aromatic carbocycles. The Bertz CT molecular complexity index is 1400. The second-order valence-electron chi connectivity index (χ2n) is 7.71. The minimum absolute atomic E-state index is 0.139. The van der Waals surface area contributed by atoms with Gasteiger partial charge in [-0.2, -0.15) is 9.50 Å². The van der Waals surface area contributed by atoms with Crippen molar-refractivity contribution in [3.8, 4) is 22.9 Å². The summed E-state index contributed by atoms with van der Waals surface area (Å²) in [5, 5.41) is 4.45. The van der Waals surface area contributed by atoms with Gasteiger partial charge in [-0.25, -0.2) is 0 Å². The Kier molecular flexibility index (Phi) is 5.49. The number of thiazole rings is 1. The maximum absolute atomic E-state index is 13.0. The van der Waals surface area contributed by atoms with Gasteiger partial charge in [0.15, 0.2) is 5.82 Å². The zero-order valence-corrected chi connectivity index (χ0v) is 18.8. The van der Waals surface area contributed by atoms with Gasteiger partial charge in [0.25, 0.3) is 5.56 Å². The number of benzene rings is 2. The molecule has 0 saturated heterocycles. The molecular formula is C25H23N3O3S. The molecule has 0 aliphatic carbocycles. The Morgan fingerprint density at radius 2 is 2.00 bits per heavy atom. The van der Waals surface area contributed by atoms with Crippen LogP contribution < -0.4 is 19.6 Å². The lowest BCUT2D eigenvalue weighted by molar-refractivity contribution is 0.259. The van der Waals surface area contributed by atoms with E-state index in [9.17, 15) is 4.79 Å². The number of rotatable bonds is 6. The average Bonchev–Trinajstić information content (AvgIpc) is 3.34. The van der Waals surface area contributed by atoms with Crippen molar-refractivity contribution >= 4 is 28.4 Å². The van der Waals surface area contributed by atoms with Gasteiger partial charge in [0, 0.05) is 11.1 Å². The molecule has 0 unspecified atom stereocenters. The van der Waals surface area contributed by atoms with Crippen LogP contribution in [0.3, 0.4) is 0 Å². The van der Waals surface area contributed by atoms with E-state index in [2.05, 4.69) is 23.1 Å². The first kappa shape index (κ1) is 20.5. The van der Waals surface area contributed by atoms with Crippen LogP contribution >= 0.6 is 11.3 Å². The molecule has 6 nitrogen and oxygen atoms in total. The molecule has 0 spiro atoms. The number of unbranched alkanes of at least 4 members (excludes halogenated alkanes) is 1. The predicted molar refractivity (Wildman–Crippen MR) is 127 cm³/mol. The van der Waals surface area contributed by atoms with Gasteiger partial charge in [0.2, 0.25) is 4.96 Å². The molecular weight excluding hydrogens is 422 g/mol. The summed E-state index contributed by atoms with van der Waals surface area (Å²) in [5.41, 5.74) is 2.63. The van der Waals surface area contributed by atoms with E-state index in [0.29, 0.717) is 21.9 Å². The molecule has 7 heteroatoms. The molecule has 162 valence electrons. The number of ether oxygens (including phenoxy) is 2. The van der Waals surface area contributed by atoms with Gasteiger partial charge in [-0.1, -0.05) is 42.9 Å². The third-order valence-electron chi connectivity index (χ3n) is 5.37. The Hall–Kier alpha value is -3.45. The average molecular weight is 446 g/mol. The molecule has 4 aromatic rings. The van der Waals surface area contributed by atoms with Crippen LogP contribution in [0, 0.1) is 0 Å². The van der Waals surface area contributed by atoms with Gasteiger partial charge in [-0.3, -0.25) is 4.79 Å². The lowest BCUT2D eigenvalue weighted by Gasteiger charge is -2.22. The lowest BCUT2D eigenvalue weighted by Crippen LogP contribution is -2.26. The lowest BCUT2D eigenvalue weighted by atomic mass is 10.0. The molecule has 0 N–H and O–H groups in total. The van der Waals surface area contributed by atoms with Gasteiger partial charge in [-0.15, -0.1) is 5.10 Å². The minimum atomic E-state index is -0.171. The molecule has 1 atom stereocenters. The standard InChI is InChI=1S/C25H23N3O3S/c1-3-4-13-30-20-11-9-17(10-12-20)23-26-25-28(27-23)24(29)22(32-25)15-19-14-18-7-5-6-8-21(18)31-16(19)2/h5-12,14-16H,3-4,13H2,1-2H3/b22-15-/t16-/m1/s1. The molecule has 0 saturated carbocycles. The molecule has 0 fully saturated rings. The maximum atomic E-state index is 13.0. The zero-order valence-electron chi connectivity index (χ0n) is 17.9. The summed E-state index contributed by atoms with van der Waals surface area (Å²) in [5.74, 6) is 2.21. The van der Waals surface area contributed by atoms with Crippen molar-refractivity contribution in [3.05, 3.63) is 74.6 Å². The number of hydrogen-bond donors (Lipinski definition) is 0. The van der Waals surface area contributed by atoms with Gasteiger partial charge in [0.1, 0.15) is 17.6 Å². The first-order valence-electron chi connectivity index (χ1n) is 10.7. The SMILES string of the molecule is CCCCOc1ccc(-c2nc3s/c(=C\C4=Cc5ccccc5O[C@@H]4C)c(=O)n3n2)cc1. The molecule has 1 aliphatic heterocycles. The van der Waals surface area contributed by atoms with Crippen LogP contribution in [0.25, 0.3) is 28.5 Å². The highest BCUT2D eigenvalue weighted by molar-refractivity contribution is 7.15. The van der Waals surface area contributed by atoms with E-state index >= 15 is 0 Å². The number of nitrogens with zero attached hydrogens (tertiary/aromatic N) is 3. The topological polar surface area (TPSA) is 65.7 Å². The number of para-hydroxylation sites is 1. The van der Waals surface area contributed by atoms with Crippen LogP contribution in [0.2, 0.25) is 0 Å². The van der Waals surface area contributed by atoms with E-state index in [4.69, 9.17) is 9.47 Å². The van der Waals surface area contributed by atoms with Crippen molar-refractivity contribution in [2.24, 2.45) is 0 Å². The van der Waals surface area contributed by atoms with E-state index in [-0.39, 0.29) is 11.7 Å². The Balaban J connectivity index is 1.44. The number of fused-ring (bicyclic) bond motifs is 2. The zero-order chi connectivity index (χ0) is 22.1. The van der Waals surface area contributed by atoms with Crippen LogP contribution in [0.4, 0.5) is 0 Å². The predicted octanol–water partition coefficient (Wildman–Crippen LogP) is 4.36. The summed E-state index contributed by atoms with van der Waals surface area (Å²) in [6, 6.07) is 15.5. The first-order chi connectivity index (χ1) is 15.6. The van der Waals surface area contributed by atoms with Crippen molar-refractivity contribution in [2.45, 2.75) is 32.8 Å². The molecule has 1 aliphatic rings. The highest BCUT2D eigenvalue weighted by atomic mass is 32.1. The van der Waals surface area contributed by atoms with E-state index in [1.807, 2.05) is 61.5 Å². The monoisotopic (exact) mass is 445 g/mol. The quantitative estimate of drug-likeness (QED) is 0.413. The molecule has 0 bridgehead atoms. The van der Waals surface area contributed by atoms with Crippen LogP contribution in [-0.4, -0.2) is 27.3 Å². The second-order valence-corrected chi connectivity index (χ2v) is 8.72. The molecule has 32 heavy (non-hydrogen) atoms. The highest BCUT2D eigenvalue weighted by Gasteiger charge is 2.18. The van der Waals surface area contributed by atoms with Gasteiger partial charge < -0.3 is 9.47 Å². The molecule has 2 aromatic heterocycles. The van der Waals surface area contributed by atoms with E-state index < -0.39 is 0 Å². The summed E-state index contributed by atoms with van der Waals surface area (Å²) in [6.07, 6.45) is 5.93. The van der Waals surface area contributed by atoms with E-state index in [1.54, 1.807) is 0 Å². The van der Waals surface area contributed by atoms with Crippen molar-refractivity contribution in [1.29, 1.82) is 0 Å². The summed E-state index contributed by atoms with van der Waals surface area (Å²) >= 11 is 1.33. The fraction of sp³-hybridized carbons (Fsp3) is 0.240. The number of hydrogen-bond acceptors (Lipinski definition) is 6. The Morgan fingerprint density at radius 3 is 2.78 bits per heavy atom. The van der Waals surface area contributed by atoms with Gasteiger partial charge in [-0.05, 0) is 61.4 Å². The van der Waals surface area contributed by atoms with Crippen LogP contribution in [0.1, 0.15) is 32.3 Å². The smallest absolute Gasteiger partial charge is 0.291 e. The third-order valence-corrected chi connectivity index (χ3v) is 6.33. The third kappa shape index (κ3) is 3.91. The van der Waals surface area contributed by atoms with E-state index in [0.717, 1.165) is 41.0 Å². The minimum Gasteiger partial charge on any atom is -0.494 e. The van der Waals surface area contributed by atoms with Crippen molar-refractivity contribution in [3.63, 3.8) is 0 Å². The largest absolute Gasteiger partial charge is 0.494 e. The summed E-state index contributed by atoms with van der Waals surface area (Å²) < 4.78 is 13.7. The van der Waals surface area contributed by atoms with Crippen molar-refractivity contribution < 1.29 is 9.47 Å². The van der Waals surface area contributed by atoms with Gasteiger partial charge >= 0.3 is 0 Å². The number of aromatic nitrogens is 3. The Labute approximate surface area is 189 Å². The fourth-order valence-corrected chi connectivity index (χ4v) is 4.47. The normalized spacial score (nSPS) is 16.0. The first-order valence-corrected chi connectivity index (χ1v) is 11.6. The summed E-state index contributed by atoms with van der Waals surface area (Å²) in [6.45, 7) is 4.82. The van der Waals surface area contributed by atoms with Crippen LogP contribution in [0.15, 0.2) is 58.9 Å².